The minimum Gasteiger partial charge on any atom is -0.497 e. The van der Waals surface area contributed by atoms with E-state index >= 15 is 0 Å². The first-order chi connectivity index (χ1) is 18.5. The highest BCUT2D eigenvalue weighted by Gasteiger charge is 2.26. The van der Waals surface area contributed by atoms with E-state index in [2.05, 4.69) is 16.0 Å². The molecule has 0 saturated carbocycles. The number of rotatable bonds is 12. The number of carbonyl (C=O) groups is 2. The molecule has 0 aliphatic carbocycles. The van der Waals surface area contributed by atoms with Crippen molar-refractivity contribution in [2.45, 2.75) is 38.3 Å². The first kappa shape index (κ1) is 27.0. The zero-order chi connectivity index (χ0) is 26.9. The van der Waals surface area contributed by atoms with Crippen molar-refractivity contribution < 1.29 is 19.4 Å². The van der Waals surface area contributed by atoms with Crippen molar-refractivity contribution in [1.29, 1.82) is 0 Å². The van der Waals surface area contributed by atoms with Crippen LogP contribution in [-0.2, 0) is 11.2 Å². The van der Waals surface area contributed by atoms with Gasteiger partial charge in [0.15, 0.2) is 0 Å². The summed E-state index contributed by atoms with van der Waals surface area (Å²) in [5, 5.41) is 20.7. The number of hydrogen-bond acceptors (Lipinski definition) is 6. The molecule has 0 bridgehead atoms. The predicted molar refractivity (Wildman–Crippen MR) is 151 cm³/mol. The van der Waals surface area contributed by atoms with E-state index in [1.165, 1.54) is 0 Å². The summed E-state index contributed by atoms with van der Waals surface area (Å²) < 4.78 is 5.28. The Bertz CT molecular complexity index is 1230. The van der Waals surface area contributed by atoms with Crippen molar-refractivity contribution in [3.8, 4) is 5.75 Å². The molecule has 8 nitrogen and oxygen atoms in total. The lowest BCUT2D eigenvalue weighted by atomic mass is 10.00. The summed E-state index contributed by atoms with van der Waals surface area (Å²) in [5.74, 6) is 0.469. The van der Waals surface area contributed by atoms with Crippen LogP contribution in [0.4, 0.5) is 17.1 Å². The number of anilines is 3. The van der Waals surface area contributed by atoms with E-state index < -0.39 is 12.1 Å². The predicted octanol–water partition coefficient (Wildman–Crippen LogP) is 4.07. The van der Waals surface area contributed by atoms with Crippen molar-refractivity contribution >= 4 is 28.9 Å². The number of methoxy groups -OCH3 is 1. The van der Waals surface area contributed by atoms with Gasteiger partial charge in [0.1, 0.15) is 5.75 Å². The second-order valence-corrected chi connectivity index (χ2v) is 9.40. The van der Waals surface area contributed by atoms with Gasteiger partial charge >= 0.3 is 0 Å². The number of nitrogens with zero attached hydrogens (tertiary/aromatic N) is 1. The molecule has 3 aromatic rings. The lowest BCUT2D eigenvalue weighted by Crippen LogP contribution is -2.47. The van der Waals surface area contributed by atoms with E-state index in [9.17, 15) is 14.7 Å². The van der Waals surface area contributed by atoms with Gasteiger partial charge in [-0.25, -0.2) is 0 Å². The maximum atomic E-state index is 13.5. The number of benzene rings is 3. The van der Waals surface area contributed by atoms with Gasteiger partial charge in [-0.1, -0.05) is 36.4 Å². The summed E-state index contributed by atoms with van der Waals surface area (Å²) in [6, 6.07) is 22.1. The zero-order valence-corrected chi connectivity index (χ0v) is 21.9. The van der Waals surface area contributed by atoms with E-state index in [0.29, 0.717) is 42.9 Å². The van der Waals surface area contributed by atoms with Gasteiger partial charge in [0.05, 0.1) is 19.3 Å². The fourth-order valence-electron chi connectivity index (χ4n) is 4.63. The molecule has 3 aromatic carbocycles. The highest BCUT2D eigenvalue weighted by atomic mass is 16.5. The molecule has 8 heteroatoms. The molecule has 4 rings (SSSR count). The minimum atomic E-state index is -0.873. The van der Waals surface area contributed by atoms with Crippen LogP contribution in [0.2, 0.25) is 0 Å². The summed E-state index contributed by atoms with van der Waals surface area (Å²) >= 11 is 0. The van der Waals surface area contributed by atoms with E-state index in [1.807, 2.05) is 67.6 Å². The largest absolute Gasteiger partial charge is 0.497 e. The van der Waals surface area contributed by atoms with Crippen molar-refractivity contribution in [2.24, 2.45) is 0 Å². The lowest BCUT2D eigenvalue weighted by molar-refractivity contribution is -0.117. The van der Waals surface area contributed by atoms with Crippen LogP contribution in [0.3, 0.4) is 0 Å². The smallest absolute Gasteiger partial charge is 0.251 e. The third-order valence-corrected chi connectivity index (χ3v) is 6.61. The van der Waals surface area contributed by atoms with Gasteiger partial charge in [-0.15, -0.1) is 0 Å². The van der Waals surface area contributed by atoms with Crippen LogP contribution in [0, 0.1) is 0 Å². The first-order valence-corrected chi connectivity index (χ1v) is 13.1. The highest BCUT2D eigenvalue weighted by molar-refractivity contribution is 6.00. The summed E-state index contributed by atoms with van der Waals surface area (Å²) in [4.78, 5) is 27.6. The maximum absolute atomic E-state index is 13.5. The SMILES string of the molecule is CCNc1cc(C(=O)NC(Cc2ccccc2)C(O)CNc2cccc(OC)c2)cc(N2CCCC2=O)c1. The average molecular weight is 517 g/mol. The highest BCUT2D eigenvalue weighted by Crippen LogP contribution is 2.27. The Morgan fingerprint density at radius 3 is 2.55 bits per heavy atom. The Labute approximate surface area is 224 Å². The third kappa shape index (κ3) is 7.04. The second kappa shape index (κ2) is 13.0. The van der Waals surface area contributed by atoms with Crippen LogP contribution in [0.5, 0.6) is 5.75 Å². The van der Waals surface area contributed by atoms with Crippen LogP contribution in [0.15, 0.2) is 72.8 Å². The molecule has 2 unspecified atom stereocenters. The van der Waals surface area contributed by atoms with Gasteiger partial charge in [0.2, 0.25) is 5.91 Å². The monoisotopic (exact) mass is 516 g/mol. The van der Waals surface area contributed by atoms with Crippen molar-refractivity contribution in [2.75, 3.05) is 42.3 Å². The Balaban J connectivity index is 1.54. The fourth-order valence-corrected chi connectivity index (χ4v) is 4.63. The van der Waals surface area contributed by atoms with Crippen LogP contribution in [0.1, 0.15) is 35.7 Å². The number of hydrogen-bond donors (Lipinski definition) is 4. The summed E-state index contributed by atoms with van der Waals surface area (Å²) in [6.07, 6.45) is 0.899. The van der Waals surface area contributed by atoms with Crippen molar-refractivity contribution in [3.63, 3.8) is 0 Å². The van der Waals surface area contributed by atoms with Gasteiger partial charge in [-0.3, -0.25) is 9.59 Å². The van der Waals surface area contributed by atoms with Crippen LogP contribution in [-0.4, -0.2) is 55.8 Å². The Morgan fingerprint density at radius 1 is 1.03 bits per heavy atom. The van der Waals surface area contributed by atoms with Crippen molar-refractivity contribution in [1.82, 2.24) is 5.32 Å². The van der Waals surface area contributed by atoms with Gasteiger partial charge in [0, 0.05) is 54.7 Å². The molecule has 1 fully saturated rings. The minimum absolute atomic E-state index is 0.0611. The molecule has 1 aliphatic rings. The van der Waals surface area contributed by atoms with Gasteiger partial charge in [-0.05, 0) is 55.7 Å². The molecule has 4 N–H and O–H groups in total. The Kier molecular flexibility index (Phi) is 9.21. The lowest BCUT2D eigenvalue weighted by Gasteiger charge is -2.26. The normalized spacial score (nSPS) is 14.6. The average Bonchev–Trinajstić information content (AvgIpc) is 3.37. The van der Waals surface area contributed by atoms with E-state index in [4.69, 9.17) is 4.74 Å². The quantitative estimate of drug-likeness (QED) is 0.290. The summed E-state index contributed by atoms with van der Waals surface area (Å²) in [6.45, 7) is 3.54. The number of nitrogens with one attached hydrogen (secondary N) is 3. The van der Waals surface area contributed by atoms with Gasteiger partial charge < -0.3 is 30.7 Å². The molecular formula is C30H36N4O4. The van der Waals surface area contributed by atoms with Crippen LogP contribution < -0.4 is 25.6 Å². The standard InChI is InChI=1S/C30H36N4O4/c1-3-31-24-16-22(17-25(18-24)34-14-8-13-29(34)36)30(37)33-27(15-21-9-5-4-6-10-21)28(35)20-32-23-11-7-12-26(19-23)38-2/h4-7,9-12,16-19,27-28,31-32,35H,3,8,13-15,20H2,1-2H3,(H,33,37). The molecule has 1 aliphatic heterocycles. The van der Waals surface area contributed by atoms with E-state index in [1.54, 1.807) is 24.1 Å². The molecule has 2 atom stereocenters. The number of carbonyl (C=O) groups excluding carboxylic acids is 2. The van der Waals surface area contributed by atoms with Crippen LogP contribution >= 0.6 is 0 Å². The van der Waals surface area contributed by atoms with E-state index in [0.717, 1.165) is 23.4 Å². The topological polar surface area (TPSA) is 103 Å². The maximum Gasteiger partial charge on any atom is 0.251 e. The molecule has 0 spiro atoms. The fraction of sp³-hybridized carbons (Fsp3) is 0.333. The van der Waals surface area contributed by atoms with Gasteiger partial charge in [0.25, 0.3) is 5.91 Å². The summed E-state index contributed by atoms with van der Waals surface area (Å²) in [7, 11) is 1.61. The molecule has 1 heterocycles. The van der Waals surface area contributed by atoms with Crippen molar-refractivity contribution in [3.05, 3.63) is 83.9 Å². The number of amides is 2. The Morgan fingerprint density at radius 2 is 1.84 bits per heavy atom. The first-order valence-electron chi connectivity index (χ1n) is 13.1. The van der Waals surface area contributed by atoms with E-state index in [-0.39, 0.29) is 18.4 Å². The zero-order valence-electron chi connectivity index (χ0n) is 21.9. The summed E-state index contributed by atoms with van der Waals surface area (Å²) in [5.41, 5.74) is 3.73. The molecular weight excluding hydrogens is 480 g/mol. The second-order valence-electron chi connectivity index (χ2n) is 9.40. The molecule has 38 heavy (non-hydrogen) atoms. The number of aliphatic hydroxyl groups excluding tert-OH is 1. The number of aliphatic hydroxyl groups is 1. The Hall–Kier alpha value is -4.04. The molecule has 200 valence electrons. The number of ether oxygens (including phenoxy) is 1. The molecule has 0 radical (unpaired) electrons. The molecule has 0 aromatic heterocycles. The third-order valence-electron chi connectivity index (χ3n) is 6.61. The van der Waals surface area contributed by atoms with Crippen LogP contribution in [0.25, 0.3) is 0 Å². The van der Waals surface area contributed by atoms with Gasteiger partial charge in [-0.2, -0.15) is 0 Å². The molecule has 1 saturated heterocycles. The molecule has 2 amide bonds.